The molecule has 0 aliphatic heterocycles. The zero-order valence-electron chi connectivity index (χ0n) is 14.8. The third-order valence-electron chi connectivity index (χ3n) is 4.61. The number of thioether (sulfide) groups is 1. The van der Waals surface area contributed by atoms with Crippen molar-refractivity contribution in [2.45, 2.75) is 62.4 Å². The fourth-order valence-corrected chi connectivity index (χ4v) is 4.53. The second kappa shape index (κ2) is 8.63. The van der Waals surface area contributed by atoms with E-state index < -0.39 is 0 Å². The molecule has 1 saturated carbocycles. The molecule has 1 N–H and O–H groups in total. The normalized spacial score (nSPS) is 16.5. The van der Waals surface area contributed by atoms with Gasteiger partial charge < -0.3 is 9.88 Å². The summed E-state index contributed by atoms with van der Waals surface area (Å²) >= 11 is 13.5. The van der Waals surface area contributed by atoms with Gasteiger partial charge in [-0.1, -0.05) is 54.2 Å². The Labute approximate surface area is 167 Å². The van der Waals surface area contributed by atoms with Crippen LogP contribution in [-0.2, 0) is 4.79 Å². The maximum Gasteiger partial charge on any atom is 0.237 e. The van der Waals surface area contributed by atoms with Crippen molar-refractivity contribution in [3.8, 4) is 0 Å². The Hall–Kier alpha value is -1.24. The molecule has 1 unspecified atom stereocenters. The van der Waals surface area contributed by atoms with Crippen molar-refractivity contribution in [3.63, 3.8) is 0 Å². The van der Waals surface area contributed by atoms with Gasteiger partial charge in [0.25, 0.3) is 0 Å². The van der Waals surface area contributed by atoms with Crippen LogP contribution in [0.25, 0.3) is 0 Å². The maximum atomic E-state index is 12.6. The first-order valence-corrected chi connectivity index (χ1v) is 10.4. The van der Waals surface area contributed by atoms with Gasteiger partial charge >= 0.3 is 0 Å². The molecule has 3 rings (SSSR count). The number of carbonyl (C=O) groups excluding carboxylic acids is 1. The lowest BCUT2D eigenvalue weighted by Gasteiger charge is -2.25. The predicted octanol–water partition coefficient (Wildman–Crippen LogP) is 5.52. The van der Waals surface area contributed by atoms with Crippen LogP contribution in [0, 0.1) is 6.92 Å². The molecule has 1 aliphatic carbocycles. The van der Waals surface area contributed by atoms with Crippen LogP contribution in [0.2, 0.25) is 10.0 Å². The van der Waals surface area contributed by atoms with E-state index in [4.69, 9.17) is 23.2 Å². The van der Waals surface area contributed by atoms with Crippen LogP contribution in [0.3, 0.4) is 0 Å². The van der Waals surface area contributed by atoms with Gasteiger partial charge in [0.1, 0.15) is 5.82 Å². The summed E-state index contributed by atoms with van der Waals surface area (Å²) in [7, 11) is 0. The molecule has 1 aliphatic rings. The molecule has 26 heavy (non-hydrogen) atoms. The van der Waals surface area contributed by atoms with Gasteiger partial charge in [0.15, 0.2) is 5.16 Å². The summed E-state index contributed by atoms with van der Waals surface area (Å²) < 4.78 is 2.19. The first-order valence-electron chi connectivity index (χ1n) is 8.80. The Balaban J connectivity index is 1.70. The summed E-state index contributed by atoms with van der Waals surface area (Å²) in [6.45, 7) is 3.83. The predicted molar refractivity (Wildman–Crippen MR) is 107 cm³/mol. The third kappa shape index (κ3) is 4.53. The van der Waals surface area contributed by atoms with E-state index in [0.717, 1.165) is 23.8 Å². The van der Waals surface area contributed by atoms with Crippen molar-refractivity contribution in [2.75, 3.05) is 5.32 Å². The highest BCUT2D eigenvalue weighted by molar-refractivity contribution is 8.00. The van der Waals surface area contributed by atoms with E-state index in [-0.39, 0.29) is 11.2 Å². The molecule has 0 bridgehead atoms. The minimum absolute atomic E-state index is 0.144. The summed E-state index contributed by atoms with van der Waals surface area (Å²) in [6.07, 6.45) is 6.04. The van der Waals surface area contributed by atoms with Gasteiger partial charge in [0, 0.05) is 11.1 Å². The van der Waals surface area contributed by atoms with Gasteiger partial charge in [0.2, 0.25) is 5.91 Å². The molecular formula is C18H22Cl2N4OS. The average Bonchev–Trinajstić information content (AvgIpc) is 2.99. The van der Waals surface area contributed by atoms with E-state index in [1.54, 1.807) is 18.2 Å². The Morgan fingerprint density at radius 2 is 2.00 bits per heavy atom. The molecule has 8 heteroatoms. The van der Waals surface area contributed by atoms with Crippen LogP contribution in [0.15, 0.2) is 23.4 Å². The molecule has 0 spiro atoms. The molecule has 1 atom stereocenters. The zero-order chi connectivity index (χ0) is 18.7. The number of rotatable bonds is 5. The minimum Gasteiger partial charge on any atom is -0.324 e. The van der Waals surface area contributed by atoms with Crippen LogP contribution in [0.4, 0.5) is 5.69 Å². The molecule has 1 aromatic carbocycles. The summed E-state index contributed by atoms with van der Waals surface area (Å²) in [5.41, 5.74) is 0.515. The fraction of sp³-hybridized carbons (Fsp3) is 0.500. The lowest BCUT2D eigenvalue weighted by Crippen LogP contribution is -2.24. The number of aromatic nitrogens is 3. The van der Waals surface area contributed by atoms with Crippen molar-refractivity contribution in [1.29, 1.82) is 0 Å². The van der Waals surface area contributed by atoms with Gasteiger partial charge in [-0.2, -0.15) is 0 Å². The van der Waals surface area contributed by atoms with Crippen molar-refractivity contribution >= 4 is 46.6 Å². The SMILES string of the molecule is Cc1nnc(SC(C)C(=O)Nc2cc(Cl)ccc2Cl)n1C1CCCCC1. The average molecular weight is 413 g/mol. The second-order valence-corrected chi connectivity index (χ2v) is 8.72. The molecule has 1 heterocycles. The molecule has 0 saturated heterocycles. The van der Waals surface area contributed by atoms with E-state index in [1.165, 1.54) is 31.0 Å². The lowest BCUT2D eigenvalue weighted by molar-refractivity contribution is -0.115. The van der Waals surface area contributed by atoms with Gasteiger partial charge in [-0.05, 0) is 44.9 Å². The first kappa shape index (κ1) is 19.5. The quantitative estimate of drug-likeness (QED) is 0.656. The standard InChI is InChI=1S/C18H22Cl2N4OS/c1-11(17(25)21-16-10-13(19)8-9-15(16)20)26-18-23-22-12(2)24(18)14-6-4-3-5-7-14/h8-11,14H,3-7H2,1-2H3,(H,21,25). The lowest BCUT2D eigenvalue weighted by atomic mass is 9.95. The molecule has 2 aromatic rings. The minimum atomic E-state index is -0.337. The Morgan fingerprint density at radius 3 is 2.73 bits per heavy atom. The van der Waals surface area contributed by atoms with Gasteiger partial charge in [0.05, 0.1) is 16.0 Å². The van der Waals surface area contributed by atoms with Crippen molar-refractivity contribution < 1.29 is 4.79 Å². The number of anilines is 1. The summed E-state index contributed by atoms with van der Waals surface area (Å²) in [6, 6.07) is 5.43. The highest BCUT2D eigenvalue weighted by Crippen LogP contribution is 2.34. The molecule has 140 valence electrons. The van der Waals surface area contributed by atoms with Crippen LogP contribution in [0.5, 0.6) is 0 Å². The number of amides is 1. The highest BCUT2D eigenvalue weighted by Gasteiger charge is 2.24. The number of aryl methyl sites for hydroxylation is 1. The number of nitrogens with zero attached hydrogens (tertiary/aromatic N) is 3. The number of hydrogen-bond donors (Lipinski definition) is 1. The second-order valence-electron chi connectivity index (χ2n) is 6.57. The van der Waals surface area contributed by atoms with E-state index in [0.29, 0.717) is 21.8 Å². The largest absolute Gasteiger partial charge is 0.324 e. The molecular weight excluding hydrogens is 391 g/mol. The van der Waals surface area contributed by atoms with Crippen molar-refractivity contribution in [3.05, 3.63) is 34.1 Å². The van der Waals surface area contributed by atoms with Crippen molar-refractivity contribution in [1.82, 2.24) is 14.8 Å². The van der Waals surface area contributed by atoms with Gasteiger partial charge in [-0.15, -0.1) is 10.2 Å². The number of halogens is 2. The molecule has 1 aromatic heterocycles. The topological polar surface area (TPSA) is 59.8 Å². The molecule has 1 amide bonds. The molecule has 1 fully saturated rings. The molecule has 0 radical (unpaired) electrons. The highest BCUT2D eigenvalue weighted by atomic mass is 35.5. The molecule has 5 nitrogen and oxygen atoms in total. The maximum absolute atomic E-state index is 12.6. The smallest absolute Gasteiger partial charge is 0.237 e. The fourth-order valence-electron chi connectivity index (χ4n) is 3.23. The van der Waals surface area contributed by atoms with Crippen LogP contribution >= 0.6 is 35.0 Å². The van der Waals surface area contributed by atoms with Crippen LogP contribution in [-0.4, -0.2) is 25.9 Å². The van der Waals surface area contributed by atoms with Crippen LogP contribution in [0.1, 0.15) is 50.9 Å². The van der Waals surface area contributed by atoms with Crippen LogP contribution < -0.4 is 5.32 Å². The number of nitrogens with one attached hydrogen (secondary N) is 1. The summed E-state index contributed by atoms with van der Waals surface area (Å²) in [4.78, 5) is 12.6. The summed E-state index contributed by atoms with van der Waals surface area (Å²) in [5, 5.41) is 12.8. The number of carbonyl (C=O) groups is 1. The van der Waals surface area contributed by atoms with E-state index in [2.05, 4.69) is 20.1 Å². The number of benzene rings is 1. The van der Waals surface area contributed by atoms with E-state index >= 15 is 0 Å². The Kier molecular flexibility index (Phi) is 6.48. The third-order valence-corrected chi connectivity index (χ3v) is 6.23. The summed E-state index contributed by atoms with van der Waals surface area (Å²) in [5.74, 6) is 0.764. The van der Waals surface area contributed by atoms with E-state index in [9.17, 15) is 4.79 Å². The van der Waals surface area contributed by atoms with Crippen molar-refractivity contribution in [2.24, 2.45) is 0 Å². The van der Waals surface area contributed by atoms with Gasteiger partial charge in [-0.3, -0.25) is 4.79 Å². The van der Waals surface area contributed by atoms with Gasteiger partial charge in [-0.25, -0.2) is 0 Å². The van der Waals surface area contributed by atoms with E-state index in [1.807, 2.05) is 13.8 Å². The monoisotopic (exact) mass is 412 g/mol. The number of hydrogen-bond acceptors (Lipinski definition) is 4. The Morgan fingerprint density at radius 1 is 1.27 bits per heavy atom. The first-order chi connectivity index (χ1) is 12.5. The zero-order valence-corrected chi connectivity index (χ0v) is 17.2. The Bertz CT molecular complexity index is 789.